The molecule has 2 aromatic carbocycles. The smallest absolute Gasteiger partial charge is 0.261 e. The van der Waals surface area contributed by atoms with Crippen molar-refractivity contribution < 1.29 is 18.7 Å². The molecule has 26 heavy (non-hydrogen) atoms. The quantitative estimate of drug-likeness (QED) is 0.744. The number of rotatable bonds is 6. The van der Waals surface area contributed by atoms with E-state index < -0.39 is 17.8 Å². The maximum atomic E-state index is 13.1. The number of anilines is 1. The normalized spacial score (nSPS) is 11.6. The fraction of sp³-hybridized carbons (Fsp3) is 0.263. The molecule has 2 N–H and O–H groups in total. The molecule has 0 saturated heterocycles. The molecule has 0 aromatic heterocycles. The van der Waals surface area contributed by atoms with Crippen molar-refractivity contribution in [2.45, 2.75) is 26.9 Å². The lowest BCUT2D eigenvalue weighted by Gasteiger charge is -2.16. The van der Waals surface area contributed by atoms with Crippen LogP contribution in [0.25, 0.3) is 0 Å². The third-order valence-electron chi connectivity index (χ3n) is 3.74. The van der Waals surface area contributed by atoms with E-state index in [0.717, 1.165) is 16.8 Å². The number of para-hydroxylation sites is 1. The second kappa shape index (κ2) is 8.80. The third kappa shape index (κ3) is 5.29. The van der Waals surface area contributed by atoms with E-state index in [4.69, 9.17) is 4.74 Å². The predicted molar refractivity (Wildman–Crippen MR) is 102 cm³/mol. The summed E-state index contributed by atoms with van der Waals surface area (Å²) in [6, 6.07) is 9.63. The van der Waals surface area contributed by atoms with Gasteiger partial charge in [-0.15, -0.1) is 0 Å². The van der Waals surface area contributed by atoms with Crippen molar-refractivity contribution in [1.82, 2.24) is 5.32 Å². The Morgan fingerprint density at radius 3 is 2.46 bits per heavy atom. The van der Waals surface area contributed by atoms with Crippen molar-refractivity contribution >= 4 is 33.4 Å². The lowest BCUT2D eigenvalue weighted by Crippen LogP contribution is -2.40. The first-order chi connectivity index (χ1) is 12.3. The molecule has 0 bridgehead atoms. The summed E-state index contributed by atoms with van der Waals surface area (Å²) in [6.07, 6.45) is -0.843. The SMILES string of the molecule is Cc1cccc(C)c1NC(=O)CNC(=O)C(C)Oc1ccc(F)cc1Br. The Labute approximate surface area is 160 Å². The molecule has 7 heteroatoms. The van der Waals surface area contributed by atoms with Crippen LogP contribution >= 0.6 is 15.9 Å². The van der Waals surface area contributed by atoms with Crippen LogP contribution in [-0.2, 0) is 9.59 Å². The molecule has 0 saturated carbocycles. The molecule has 2 aromatic rings. The minimum Gasteiger partial charge on any atom is -0.480 e. The van der Waals surface area contributed by atoms with E-state index in [1.165, 1.54) is 18.2 Å². The molecule has 0 fully saturated rings. The molecule has 1 atom stereocenters. The summed E-state index contributed by atoms with van der Waals surface area (Å²) < 4.78 is 19.0. The van der Waals surface area contributed by atoms with Gasteiger partial charge in [-0.05, 0) is 66.0 Å². The van der Waals surface area contributed by atoms with Crippen LogP contribution in [0.15, 0.2) is 40.9 Å². The molecule has 0 heterocycles. The molecule has 0 spiro atoms. The number of hydrogen-bond donors (Lipinski definition) is 2. The van der Waals surface area contributed by atoms with Crippen LogP contribution in [0.5, 0.6) is 5.75 Å². The Bertz CT molecular complexity index is 806. The van der Waals surface area contributed by atoms with Gasteiger partial charge in [0.2, 0.25) is 5.91 Å². The van der Waals surface area contributed by atoms with E-state index >= 15 is 0 Å². The highest BCUT2D eigenvalue weighted by Gasteiger charge is 2.17. The van der Waals surface area contributed by atoms with Crippen LogP contribution in [0.2, 0.25) is 0 Å². The molecule has 5 nitrogen and oxygen atoms in total. The largest absolute Gasteiger partial charge is 0.480 e. The van der Waals surface area contributed by atoms with Crippen molar-refractivity contribution in [3.8, 4) is 5.75 Å². The van der Waals surface area contributed by atoms with Gasteiger partial charge in [0.05, 0.1) is 11.0 Å². The van der Waals surface area contributed by atoms with Gasteiger partial charge in [0.1, 0.15) is 11.6 Å². The fourth-order valence-corrected chi connectivity index (χ4v) is 2.77. The first-order valence-electron chi connectivity index (χ1n) is 8.03. The van der Waals surface area contributed by atoms with Gasteiger partial charge < -0.3 is 15.4 Å². The second-order valence-electron chi connectivity index (χ2n) is 5.87. The summed E-state index contributed by atoms with van der Waals surface area (Å²) in [4.78, 5) is 24.2. The Balaban J connectivity index is 1.88. The van der Waals surface area contributed by atoms with Crippen LogP contribution < -0.4 is 15.4 Å². The highest BCUT2D eigenvalue weighted by Crippen LogP contribution is 2.26. The summed E-state index contributed by atoms with van der Waals surface area (Å²) in [5.41, 5.74) is 2.64. The van der Waals surface area contributed by atoms with Crippen LogP contribution in [-0.4, -0.2) is 24.5 Å². The lowest BCUT2D eigenvalue weighted by molar-refractivity contribution is -0.129. The standard InChI is InChI=1S/C19H20BrFN2O3/c1-11-5-4-6-12(2)18(11)23-17(24)10-22-19(25)13(3)26-16-8-7-14(21)9-15(16)20/h4-9,13H,10H2,1-3H3,(H,22,25)(H,23,24). The van der Waals surface area contributed by atoms with Gasteiger partial charge in [0, 0.05) is 5.69 Å². The van der Waals surface area contributed by atoms with Gasteiger partial charge in [-0.25, -0.2) is 4.39 Å². The van der Waals surface area contributed by atoms with E-state index in [1.54, 1.807) is 6.92 Å². The molecule has 0 aliphatic carbocycles. The summed E-state index contributed by atoms with van der Waals surface area (Å²) in [7, 11) is 0. The van der Waals surface area contributed by atoms with E-state index in [9.17, 15) is 14.0 Å². The number of amides is 2. The first kappa shape index (κ1) is 19.9. The maximum absolute atomic E-state index is 13.1. The van der Waals surface area contributed by atoms with Gasteiger partial charge in [0.25, 0.3) is 5.91 Å². The molecule has 138 valence electrons. The minimum atomic E-state index is -0.843. The summed E-state index contributed by atoms with van der Waals surface area (Å²) >= 11 is 3.18. The van der Waals surface area contributed by atoms with Gasteiger partial charge in [-0.1, -0.05) is 18.2 Å². The summed E-state index contributed by atoms with van der Waals surface area (Å²) in [6.45, 7) is 5.18. The van der Waals surface area contributed by atoms with Crippen molar-refractivity contribution in [1.29, 1.82) is 0 Å². The van der Waals surface area contributed by atoms with Crippen molar-refractivity contribution in [2.75, 3.05) is 11.9 Å². The highest BCUT2D eigenvalue weighted by molar-refractivity contribution is 9.10. The topological polar surface area (TPSA) is 67.4 Å². The Hall–Kier alpha value is -2.41. The molecule has 0 aliphatic rings. The number of carbonyl (C=O) groups is 2. The Kier molecular flexibility index (Phi) is 6.74. The number of aryl methyl sites for hydroxylation is 2. The van der Waals surface area contributed by atoms with Gasteiger partial charge in [0.15, 0.2) is 6.10 Å². The van der Waals surface area contributed by atoms with Crippen molar-refractivity contribution in [2.24, 2.45) is 0 Å². The minimum absolute atomic E-state index is 0.176. The number of ether oxygens (including phenoxy) is 1. The Morgan fingerprint density at radius 1 is 1.19 bits per heavy atom. The van der Waals surface area contributed by atoms with Gasteiger partial charge in [-0.2, -0.15) is 0 Å². The lowest BCUT2D eigenvalue weighted by atomic mass is 10.1. The first-order valence-corrected chi connectivity index (χ1v) is 8.82. The molecule has 2 rings (SSSR count). The van der Waals surface area contributed by atoms with Gasteiger partial charge in [-0.3, -0.25) is 9.59 Å². The van der Waals surface area contributed by atoms with Crippen LogP contribution in [0.1, 0.15) is 18.1 Å². The monoisotopic (exact) mass is 422 g/mol. The average Bonchev–Trinajstić information content (AvgIpc) is 2.58. The number of carbonyl (C=O) groups excluding carboxylic acids is 2. The molecular formula is C19H20BrFN2O3. The molecule has 0 radical (unpaired) electrons. The number of nitrogens with one attached hydrogen (secondary N) is 2. The van der Waals surface area contributed by atoms with E-state index in [1.807, 2.05) is 32.0 Å². The molecular weight excluding hydrogens is 403 g/mol. The van der Waals surface area contributed by atoms with Crippen LogP contribution in [0.4, 0.5) is 10.1 Å². The molecule has 0 aliphatic heterocycles. The summed E-state index contributed by atoms with van der Waals surface area (Å²) in [5.74, 6) is -0.845. The third-order valence-corrected chi connectivity index (χ3v) is 4.36. The molecule has 1 unspecified atom stereocenters. The summed E-state index contributed by atoms with van der Waals surface area (Å²) in [5, 5.41) is 5.32. The predicted octanol–water partition coefficient (Wildman–Crippen LogP) is 3.73. The zero-order chi connectivity index (χ0) is 19.3. The van der Waals surface area contributed by atoms with Crippen molar-refractivity contribution in [3.05, 3.63) is 57.8 Å². The number of hydrogen-bond acceptors (Lipinski definition) is 3. The Morgan fingerprint density at radius 2 is 1.85 bits per heavy atom. The second-order valence-corrected chi connectivity index (χ2v) is 6.72. The average molecular weight is 423 g/mol. The maximum Gasteiger partial charge on any atom is 0.261 e. The highest BCUT2D eigenvalue weighted by atomic mass is 79.9. The van der Waals surface area contributed by atoms with Crippen molar-refractivity contribution in [3.63, 3.8) is 0 Å². The van der Waals surface area contributed by atoms with E-state index in [-0.39, 0.29) is 12.5 Å². The van der Waals surface area contributed by atoms with Gasteiger partial charge >= 0.3 is 0 Å². The zero-order valence-corrected chi connectivity index (χ0v) is 16.3. The zero-order valence-electron chi connectivity index (χ0n) is 14.7. The van der Waals surface area contributed by atoms with E-state index in [0.29, 0.717) is 10.2 Å². The molecule has 2 amide bonds. The number of halogens is 2. The van der Waals surface area contributed by atoms with Crippen LogP contribution in [0.3, 0.4) is 0 Å². The fourth-order valence-electron chi connectivity index (χ4n) is 2.32. The van der Waals surface area contributed by atoms with E-state index in [2.05, 4.69) is 26.6 Å². The number of benzene rings is 2. The van der Waals surface area contributed by atoms with Crippen LogP contribution in [0, 0.1) is 19.7 Å².